The molecular weight excluding hydrogens is 352 g/mol. The van der Waals surface area contributed by atoms with Gasteiger partial charge in [-0.25, -0.2) is 9.97 Å². The molecule has 3 heterocycles. The summed E-state index contributed by atoms with van der Waals surface area (Å²) in [7, 11) is 3.75. The van der Waals surface area contributed by atoms with E-state index in [0.717, 1.165) is 54.1 Å². The van der Waals surface area contributed by atoms with E-state index >= 15 is 0 Å². The molecule has 1 aliphatic rings. The van der Waals surface area contributed by atoms with Gasteiger partial charge < -0.3 is 19.0 Å². The highest BCUT2D eigenvalue weighted by Crippen LogP contribution is 2.31. The zero-order valence-corrected chi connectivity index (χ0v) is 16.6. The molecule has 1 saturated heterocycles. The van der Waals surface area contributed by atoms with Gasteiger partial charge in [0.15, 0.2) is 5.58 Å². The Kier molecular flexibility index (Phi) is 5.41. The molecular formula is C22H26N4O2. The van der Waals surface area contributed by atoms with Crippen molar-refractivity contribution in [3.63, 3.8) is 0 Å². The minimum Gasteiger partial charge on any atom is -0.436 e. The zero-order chi connectivity index (χ0) is 19.5. The van der Waals surface area contributed by atoms with Crippen molar-refractivity contribution < 1.29 is 9.15 Å². The lowest BCUT2D eigenvalue weighted by Gasteiger charge is -2.25. The van der Waals surface area contributed by atoms with Gasteiger partial charge in [0.1, 0.15) is 11.3 Å². The standard InChI is InChI=1S/C20H19N3O2.C2H7N/c1-13-21-17-12-14(20-22-16-4-2-3-5-19(16)25-20)6-7-18(17)23(13)15-8-10-24-11-9-15;1-3-2/h2-7,12,15H,8-11H2,1H3;3H,1-2H3. The molecule has 1 aliphatic heterocycles. The Labute approximate surface area is 164 Å². The predicted molar refractivity (Wildman–Crippen MR) is 112 cm³/mol. The van der Waals surface area contributed by atoms with Crippen molar-refractivity contribution in [1.29, 1.82) is 0 Å². The van der Waals surface area contributed by atoms with Crippen LogP contribution < -0.4 is 5.32 Å². The third kappa shape index (κ3) is 3.53. The maximum absolute atomic E-state index is 5.89. The molecule has 6 nitrogen and oxygen atoms in total. The fraction of sp³-hybridized carbons (Fsp3) is 0.364. The highest BCUT2D eigenvalue weighted by molar-refractivity contribution is 5.83. The Hall–Kier alpha value is -2.70. The summed E-state index contributed by atoms with van der Waals surface area (Å²) in [6.07, 6.45) is 2.08. The van der Waals surface area contributed by atoms with Crippen LogP contribution in [0.4, 0.5) is 0 Å². The fourth-order valence-electron chi connectivity index (χ4n) is 3.75. The van der Waals surface area contributed by atoms with Gasteiger partial charge in [-0.3, -0.25) is 0 Å². The third-order valence-corrected chi connectivity index (χ3v) is 4.96. The molecule has 146 valence electrons. The number of fused-ring (bicyclic) bond motifs is 2. The molecule has 0 aliphatic carbocycles. The topological polar surface area (TPSA) is 65.1 Å². The Bertz CT molecular complexity index is 1040. The van der Waals surface area contributed by atoms with Gasteiger partial charge in [0.05, 0.1) is 11.0 Å². The minimum absolute atomic E-state index is 0.467. The summed E-state index contributed by atoms with van der Waals surface area (Å²) in [5, 5.41) is 2.75. The van der Waals surface area contributed by atoms with Crippen molar-refractivity contribution in [1.82, 2.24) is 19.9 Å². The van der Waals surface area contributed by atoms with Gasteiger partial charge in [-0.2, -0.15) is 0 Å². The van der Waals surface area contributed by atoms with E-state index < -0.39 is 0 Å². The average molecular weight is 378 g/mol. The zero-order valence-electron chi connectivity index (χ0n) is 16.6. The number of nitrogens with one attached hydrogen (secondary N) is 1. The molecule has 2 aromatic carbocycles. The first-order chi connectivity index (χ1) is 13.7. The number of nitrogens with zero attached hydrogens (tertiary/aromatic N) is 3. The fourth-order valence-corrected chi connectivity index (χ4v) is 3.75. The lowest BCUT2D eigenvalue weighted by atomic mass is 10.1. The van der Waals surface area contributed by atoms with E-state index in [1.54, 1.807) is 0 Å². The molecule has 2 aromatic heterocycles. The number of aromatic nitrogens is 3. The highest BCUT2D eigenvalue weighted by Gasteiger charge is 2.20. The molecule has 5 rings (SSSR count). The van der Waals surface area contributed by atoms with Crippen molar-refractivity contribution in [3.8, 4) is 11.5 Å². The van der Waals surface area contributed by atoms with E-state index in [-0.39, 0.29) is 0 Å². The SMILES string of the molecule is CNC.Cc1nc2cc(-c3nc4ccccc4o3)ccc2n1C1CCOCC1. The van der Waals surface area contributed by atoms with Crippen LogP contribution in [0.15, 0.2) is 46.9 Å². The van der Waals surface area contributed by atoms with Crippen LogP contribution in [0.1, 0.15) is 24.7 Å². The molecule has 0 atom stereocenters. The number of benzene rings is 2. The second kappa shape index (κ2) is 8.12. The summed E-state index contributed by atoms with van der Waals surface area (Å²) >= 11 is 0. The van der Waals surface area contributed by atoms with Gasteiger partial charge >= 0.3 is 0 Å². The van der Waals surface area contributed by atoms with E-state index in [1.165, 1.54) is 5.52 Å². The molecule has 0 saturated carbocycles. The van der Waals surface area contributed by atoms with E-state index in [4.69, 9.17) is 14.1 Å². The number of hydrogen-bond acceptors (Lipinski definition) is 5. The van der Waals surface area contributed by atoms with Crippen LogP contribution in [0.25, 0.3) is 33.6 Å². The Balaban J connectivity index is 0.000000604. The molecule has 6 heteroatoms. The van der Waals surface area contributed by atoms with Crippen LogP contribution in [-0.2, 0) is 4.74 Å². The van der Waals surface area contributed by atoms with Crippen LogP contribution in [0.2, 0.25) is 0 Å². The van der Waals surface area contributed by atoms with Crippen LogP contribution >= 0.6 is 0 Å². The van der Waals surface area contributed by atoms with Gasteiger partial charge in [0.2, 0.25) is 5.89 Å². The predicted octanol–water partition coefficient (Wildman–Crippen LogP) is 4.34. The van der Waals surface area contributed by atoms with Crippen molar-refractivity contribution >= 4 is 22.1 Å². The van der Waals surface area contributed by atoms with E-state index in [0.29, 0.717) is 11.9 Å². The molecule has 1 N–H and O–H groups in total. The molecule has 0 radical (unpaired) electrons. The average Bonchev–Trinajstić information content (AvgIpc) is 3.28. The highest BCUT2D eigenvalue weighted by atomic mass is 16.5. The summed E-state index contributed by atoms with van der Waals surface area (Å²) in [5.41, 5.74) is 4.80. The quantitative estimate of drug-likeness (QED) is 0.562. The molecule has 28 heavy (non-hydrogen) atoms. The van der Waals surface area contributed by atoms with Gasteiger partial charge in [0.25, 0.3) is 0 Å². The number of ether oxygens (including phenoxy) is 1. The summed E-state index contributed by atoms with van der Waals surface area (Å²) in [6.45, 7) is 3.73. The third-order valence-electron chi connectivity index (χ3n) is 4.96. The molecule has 0 unspecified atom stereocenters. The first kappa shape index (κ1) is 18.7. The number of imidazole rings is 1. The van der Waals surface area contributed by atoms with Crippen molar-refractivity contribution in [3.05, 3.63) is 48.3 Å². The Morgan fingerprint density at radius 3 is 2.50 bits per heavy atom. The summed E-state index contributed by atoms with van der Waals surface area (Å²) in [5.74, 6) is 1.69. The second-order valence-electron chi connectivity index (χ2n) is 7.06. The van der Waals surface area contributed by atoms with Crippen molar-refractivity contribution in [2.45, 2.75) is 25.8 Å². The van der Waals surface area contributed by atoms with Crippen LogP contribution in [0.5, 0.6) is 0 Å². The van der Waals surface area contributed by atoms with Gasteiger partial charge in [-0.05, 0) is 64.2 Å². The molecule has 1 fully saturated rings. The largest absolute Gasteiger partial charge is 0.436 e. The lowest BCUT2D eigenvalue weighted by Crippen LogP contribution is -2.20. The van der Waals surface area contributed by atoms with Gasteiger partial charge in [-0.1, -0.05) is 12.1 Å². The summed E-state index contributed by atoms with van der Waals surface area (Å²) in [6, 6.07) is 14.6. The molecule has 0 amide bonds. The number of hydrogen-bond donors (Lipinski definition) is 1. The first-order valence-corrected chi connectivity index (χ1v) is 9.72. The monoisotopic (exact) mass is 378 g/mol. The van der Waals surface area contributed by atoms with E-state index in [2.05, 4.69) is 40.0 Å². The van der Waals surface area contributed by atoms with Crippen LogP contribution in [-0.4, -0.2) is 41.8 Å². The van der Waals surface area contributed by atoms with Crippen LogP contribution in [0.3, 0.4) is 0 Å². The minimum atomic E-state index is 0.467. The second-order valence-corrected chi connectivity index (χ2v) is 7.06. The lowest BCUT2D eigenvalue weighted by molar-refractivity contribution is 0.0701. The Morgan fingerprint density at radius 2 is 1.75 bits per heavy atom. The molecule has 0 spiro atoms. The number of rotatable bonds is 2. The number of para-hydroxylation sites is 2. The first-order valence-electron chi connectivity index (χ1n) is 9.72. The maximum Gasteiger partial charge on any atom is 0.227 e. The van der Waals surface area contributed by atoms with Gasteiger partial charge in [-0.15, -0.1) is 0 Å². The smallest absolute Gasteiger partial charge is 0.227 e. The molecule has 0 bridgehead atoms. The van der Waals surface area contributed by atoms with Crippen molar-refractivity contribution in [2.24, 2.45) is 0 Å². The molecule has 4 aromatic rings. The Morgan fingerprint density at radius 1 is 1.00 bits per heavy atom. The van der Waals surface area contributed by atoms with Gasteiger partial charge in [0, 0.05) is 24.8 Å². The maximum atomic E-state index is 5.89. The number of oxazole rings is 1. The van der Waals surface area contributed by atoms with E-state index in [1.807, 2.05) is 38.4 Å². The van der Waals surface area contributed by atoms with Crippen molar-refractivity contribution in [2.75, 3.05) is 27.3 Å². The normalized spacial score (nSPS) is 15.0. The summed E-state index contributed by atoms with van der Waals surface area (Å²) in [4.78, 5) is 9.37. The van der Waals surface area contributed by atoms with Crippen LogP contribution in [0, 0.1) is 6.92 Å². The summed E-state index contributed by atoms with van der Waals surface area (Å²) < 4.78 is 13.8. The number of aryl methyl sites for hydroxylation is 1. The van der Waals surface area contributed by atoms with E-state index in [9.17, 15) is 0 Å².